The van der Waals surface area contributed by atoms with E-state index in [0.29, 0.717) is 23.3 Å². The molecule has 108 valence electrons. The van der Waals surface area contributed by atoms with E-state index in [1.165, 1.54) is 12.8 Å². The zero-order valence-corrected chi connectivity index (χ0v) is 11.7. The van der Waals surface area contributed by atoms with Gasteiger partial charge in [0, 0.05) is 25.2 Å². The summed E-state index contributed by atoms with van der Waals surface area (Å²) in [5.41, 5.74) is 7.89. The molecule has 2 saturated heterocycles. The van der Waals surface area contributed by atoms with E-state index in [1.807, 2.05) is 0 Å². The second-order valence-electron chi connectivity index (χ2n) is 5.86. The molecule has 0 aromatic heterocycles. The minimum Gasteiger partial charge on any atom is -0.478 e. The highest BCUT2D eigenvalue weighted by atomic mass is 16.4. The Bertz CT molecular complexity index is 532. The summed E-state index contributed by atoms with van der Waals surface area (Å²) in [6.07, 6.45) is 3.61. The highest BCUT2D eigenvalue weighted by molar-refractivity contribution is 5.90. The zero-order valence-electron chi connectivity index (χ0n) is 11.7. The molecule has 1 aromatic carbocycles. The molecule has 0 radical (unpaired) electrons. The van der Waals surface area contributed by atoms with Crippen molar-refractivity contribution in [2.45, 2.75) is 31.3 Å². The number of hydrogen-bond acceptors (Lipinski definition) is 4. The maximum absolute atomic E-state index is 11.1. The van der Waals surface area contributed by atoms with Gasteiger partial charge < -0.3 is 15.7 Å². The maximum atomic E-state index is 11.1. The van der Waals surface area contributed by atoms with Gasteiger partial charge in [-0.05, 0) is 44.5 Å². The van der Waals surface area contributed by atoms with Crippen LogP contribution in [0.2, 0.25) is 0 Å². The average Bonchev–Trinajstić information content (AvgIpc) is 2.64. The van der Waals surface area contributed by atoms with Crippen molar-refractivity contribution in [3.05, 3.63) is 23.8 Å². The normalized spacial score (nSPS) is 26.6. The molecule has 0 spiro atoms. The first-order valence-corrected chi connectivity index (χ1v) is 7.16. The number of carboxylic acids is 1. The van der Waals surface area contributed by atoms with Crippen LogP contribution in [-0.2, 0) is 0 Å². The molecule has 2 bridgehead atoms. The number of nitrogen functional groups attached to an aromatic ring is 1. The van der Waals surface area contributed by atoms with Gasteiger partial charge in [0.25, 0.3) is 0 Å². The summed E-state index contributed by atoms with van der Waals surface area (Å²) in [6.45, 7) is 1.87. The topological polar surface area (TPSA) is 69.8 Å². The number of hydrogen-bond donors (Lipinski definition) is 2. The van der Waals surface area contributed by atoms with Gasteiger partial charge in [0.05, 0.1) is 16.9 Å². The Kier molecular flexibility index (Phi) is 3.30. The molecule has 5 nitrogen and oxygen atoms in total. The molecule has 0 aliphatic carbocycles. The lowest BCUT2D eigenvalue weighted by Crippen LogP contribution is -2.37. The fourth-order valence-corrected chi connectivity index (χ4v) is 3.48. The Balaban J connectivity index is 1.89. The summed E-state index contributed by atoms with van der Waals surface area (Å²) in [5.74, 6) is -0.903. The van der Waals surface area contributed by atoms with Crippen LogP contribution in [0.3, 0.4) is 0 Å². The third kappa shape index (κ3) is 2.22. The monoisotopic (exact) mass is 275 g/mol. The molecule has 2 heterocycles. The van der Waals surface area contributed by atoms with E-state index >= 15 is 0 Å². The van der Waals surface area contributed by atoms with Gasteiger partial charge in [-0.1, -0.05) is 0 Å². The minimum absolute atomic E-state index is 0.303. The van der Waals surface area contributed by atoms with E-state index in [2.05, 4.69) is 16.8 Å². The van der Waals surface area contributed by atoms with Gasteiger partial charge in [-0.3, -0.25) is 4.90 Å². The van der Waals surface area contributed by atoms with Crippen LogP contribution in [-0.4, -0.2) is 48.2 Å². The van der Waals surface area contributed by atoms with E-state index in [-0.39, 0.29) is 0 Å². The van der Waals surface area contributed by atoms with Gasteiger partial charge in [0.1, 0.15) is 0 Å². The molecule has 3 rings (SSSR count). The molecule has 3 N–H and O–H groups in total. The third-order valence-corrected chi connectivity index (χ3v) is 4.77. The predicted octanol–water partition coefficient (Wildman–Crippen LogP) is 1.64. The van der Waals surface area contributed by atoms with E-state index in [1.54, 1.807) is 18.2 Å². The molecular formula is C15H21N3O2. The largest absolute Gasteiger partial charge is 0.478 e. The van der Waals surface area contributed by atoms with Crippen LogP contribution in [0.25, 0.3) is 0 Å². The fraction of sp³-hybridized carbons (Fsp3) is 0.533. The van der Waals surface area contributed by atoms with Crippen molar-refractivity contribution in [1.82, 2.24) is 4.90 Å². The molecule has 0 amide bonds. The highest BCUT2D eigenvalue weighted by Gasteiger charge is 2.35. The number of rotatable bonds is 2. The average molecular weight is 275 g/mol. The van der Waals surface area contributed by atoms with Gasteiger partial charge in [-0.2, -0.15) is 0 Å². The molecular weight excluding hydrogens is 254 g/mol. The third-order valence-electron chi connectivity index (χ3n) is 4.77. The van der Waals surface area contributed by atoms with Crippen molar-refractivity contribution in [3.63, 3.8) is 0 Å². The SMILES string of the molecule is CN1C2CCC1CN(c1cc(C(=O)O)ccc1N)CC2. The Morgan fingerprint density at radius 3 is 2.80 bits per heavy atom. The van der Waals surface area contributed by atoms with Gasteiger partial charge in [0.15, 0.2) is 0 Å². The lowest BCUT2D eigenvalue weighted by Gasteiger charge is -2.28. The van der Waals surface area contributed by atoms with E-state index in [4.69, 9.17) is 10.8 Å². The Morgan fingerprint density at radius 2 is 2.05 bits per heavy atom. The van der Waals surface area contributed by atoms with Gasteiger partial charge in [-0.15, -0.1) is 0 Å². The van der Waals surface area contributed by atoms with Crippen LogP contribution in [0.15, 0.2) is 18.2 Å². The Labute approximate surface area is 119 Å². The van der Waals surface area contributed by atoms with Gasteiger partial charge in [0.2, 0.25) is 0 Å². The fourth-order valence-electron chi connectivity index (χ4n) is 3.48. The van der Waals surface area contributed by atoms with E-state index in [0.717, 1.165) is 25.2 Å². The van der Waals surface area contributed by atoms with Crippen molar-refractivity contribution in [3.8, 4) is 0 Å². The summed E-state index contributed by atoms with van der Waals surface area (Å²) >= 11 is 0. The first-order valence-electron chi connectivity index (χ1n) is 7.16. The van der Waals surface area contributed by atoms with E-state index < -0.39 is 5.97 Å². The predicted molar refractivity (Wildman–Crippen MR) is 79.2 cm³/mol. The van der Waals surface area contributed by atoms with Gasteiger partial charge in [-0.25, -0.2) is 4.79 Å². The second-order valence-corrected chi connectivity index (χ2v) is 5.86. The van der Waals surface area contributed by atoms with Crippen molar-refractivity contribution in [2.75, 3.05) is 30.8 Å². The standard InChI is InChI=1S/C15H21N3O2/c1-17-11-3-4-12(17)9-18(7-6-11)14-8-10(15(19)20)2-5-13(14)16/h2,5,8,11-12H,3-4,6-7,9,16H2,1H3,(H,19,20). The summed E-state index contributed by atoms with van der Waals surface area (Å²) in [4.78, 5) is 15.8. The van der Waals surface area contributed by atoms with Crippen LogP contribution >= 0.6 is 0 Å². The van der Waals surface area contributed by atoms with Crippen molar-refractivity contribution < 1.29 is 9.90 Å². The Hall–Kier alpha value is -1.75. The maximum Gasteiger partial charge on any atom is 0.335 e. The molecule has 1 aromatic rings. The quantitative estimate of drug-likeness (QED) is 0.803. The zero-order chi connectivity index (χ0) is 14.3. The Morgan fingerprint density at radius 1 is 1.30 bits per heavy atom. The molecule has 2 fully saturated rings. The number of carboxylic acid groups (broad SMARTS) is 1. The summed E-state index contributed by atoms with van der Waals surface area (Å²) < 4.78 is 0. The van der Waals surface area contributed by atoms with Crippen LogP contribution < -0.4 is 10.6 Å². The smallest absolute Gasteiger partial charge is 0.335 e. The molecule has 2 aliphatic heterocycles. The number of likely N-dealkylation sites (N-methyl/N-ethyl adjacent to an activating group) is 1. The number of aromatic carboxylic acids is 1. The first kappa shape index (κ1) is 13.2. The lowest BCUT2D eigenvalue weighted by molar-refractivity contribution is 0.0697. The highest BCUT2D eigenvalue weighted by Crippen LogP contribution is 2.33. The van der Waals surface area contributed by atoms with Crippen molar-refractivity contribution in [1.29, 1.82) is 0 Å². The minimum atomic E-state index is -0.903. The molecule has 2 unspecified atom stereocenters. The number of fused-ring (bicyclic) bond motifs is 2. The van der Waals surface area contributed by atoms with Crippen LogP contribution in [0.5, 0.6) is 0 Å². The van der Waals surface area contributed by atoms with Crippen LogP contribution in [0, 0.1) is 0 Å². The number of nitrogens with zero attached hydrogens (tertiary/aromatic N) is 2. The number of benzene rings is 1. The summed E-state index contributed by atoms with van der Waals surface area (Å²) in [7, 11) is 2.20. The number of carbonyl (C=O) groups is 1. The number of nitrogens with two attached hydrogens (primary N) is 1. The summed E-state index contributed by atoms with van der Waals surface area (Å²) in [6, 6.07) is 6.18. The van der Waals surface area contributed by atoms with Crippen molar-refractivity contribution in [2.24, 2.45) is 0 Å². The van der Waals surface area contributed by atoms with Gasteiger partial charge >= 0.3 is 5.97 Å². The van der Waals surface area contributed by atoms with Crippen molar-refractivity contribution >= 4 is 17.3 Å². The molecule has 0 saturated carbocycles. The van der Waals surface area contributed by atoms with Crippen LogP contribution in [0.4, 0.5) is 11.4 Å². The lowest BCUT2D eigenvalue weighted by atomic mass is 10.1. The van der Waals surface area contributed by atoms with E-state index in [9.17, 15) is 4.79 Å². The summed E-state index contributed by atoms with van der Waals surface area (Å²) in [5, 5.41) is 9.13. The first-order chi connectivity index (χ1) is 9.56. The second kappa shape index (κ2) is 4.98. The molecule has 20 heavy (non-hydrogen) atoms. The number of anilines is 2. The molecule has 2 atom stereocenters. The van der Waals surface area contributed by atoms with Crippen LogP contribution in [0.1, 0.15) is 29.6 Å². The molecule has 5 heteroatoms. The molecule has 2 aliphatic rings.